The van der Waals surface area contributed by atoms with Crippen molar-refractivity contribution in [3.05, 3.63) is 35.9 Å². The lowest BCUT2D eigenvalue weighted by Gasteiger charge is -2.43. The van der Waals surface area contributed by atoms with Crippen LogP contribution >= 0.6 is 0 Å². The summed E-state index contributed by atoms with van der Waals surface area (Å²) in [6.45, 7) is 3.32. The zero-order valence-electron chi connectivity index (χ0n) is 14.9. The minimum atomic E-state index is -3.21. The fourth-order valence-electron chi connectivity index (χ4n) is 3.42. The molecule has 0 spiro atoms. The summed E-state index contributed by atoms with van der Waals surface area (Å²) < 4.78 is 25.4. The number of carbonyl (C=O) groups excluding carboxylic acids is 2. The van der Waals surface area contributed by atoms with Gasteiger partial charge in [0.25, 0.3) is 0 Å². The van der Waals surface area contributed by atoms with Crippen LogP contribution in [0.2, 0.25) is 0 Å². The van der Waals surface area contributed by atoms with Gasteiger partial charge >= 0.3 is 0 Å². The number of hydrogen-bond acceptors (Lipinski definition) is 4. The third kappa shape index (κ3) is 4.07. The standard InChI is InChI=1S/C18H25N3O4S/c1-2-8-26(24,25)20-12-16(13-20)21-11-15(9-17(21)22)18(23)19-10-14-6-4-3-5-7-14/h3-7,15-16H,2,8-13H2,1H3,(H,19,23). The molecule has 7 nitrogen and oxygen atoms in total. The summed E-state index contributed by atoms with van der Waals surface area (Å²) in [6.07, 6.45) is 0.772. The van der Waals surface area contributed by atoms with Gasteiger partial charge < -0.3 is 10.2 Å². The van der Waals surface area contributed by atoms with Gasteiger partial charge in [-0.05, 0) is 12.0 Å². The molecule has 142 valence electrons. The van der Waals surface area contributed by atoms with E-state index in [0.29, 0.717) is 32.6 Å². The van der Waals surface area contributed by atoms with Crippen LogP contribution in [0.1, 0.15) is 25.3 Å². The van der Waals surface area contributed by atoms with Crippen molar-refractivity contribution in [2.45, 2.75) is 32.4 Å². The van der Waals surface area contributed by atoms with E-state index >= 15 is 0 Å². The Balaban J connectivity index is 1.49. The molecule has 2 aliphatic heterocycles. The van der Waals surface area contributed by atoms with Crippen LogP contribution in [-0.4, -0.2) is 60.9 Å². The first-order valence-corrected chi connectivity index (χ1v) is 10.6. The molecular weight excluding hydrogens is 354 g/mol. The molecule has 0 radical (unpaired) electrons. The fourth-order valence-corrected chi connectivity index (χ4v) is 4.99. The molecule has 3 rings (SSSR count). The van der Waals surface area contributed by atoms with Crippen LogP contribution in [0.5, 0.6) is 0 Å². The van der Waals surface area contributed by atoms with Gasteiger partial charge in [0.1, 0.15) is 0 Å². The monoisotopic (exact) mass is 379 g/mol. The number of nitrogens with zero attached hydrogens (tertiary/aromatic N) is 2. The molecule has 0 aliphatic carbocycles. The van der Waals surface area contributed by atoms with Gasteiger partial charge in [-0.2, -0.15) is 4.31 Å². The molecule has 2 aliphatic rings. The van der Waals surface area contributed by atoms with Crippen molar-refractivity contribution in [2.75, 3.05) is 25.4 Å². The van der Waals surface area contributed by atoms with Crippen molar-refractivity contribution in [2.24, 2.45) is 5.92 Å². The maximum atomic E-state index is 12.4. The van der Waals surface area contributed by atoms with Crippen molar-refractivity contribution in [3.8, 4) is 0 Å². The Labute approximate surface area is 154 Å². The van der Waals surface area contributed by atoms with Crippen LogP contribution in [0.4, 0.5) is 0 Å². The molecule has 1 aromatic rings. The highest BCUT2D eigenvalue weighted by Crippen LogP contribution is 2.27. The molecule has 0 saturated carbocycles. The van der Waals surface area contributed by atoms with Gasteiger partial charge in [0.2, 0.25) is 21.8 Å². The average molecular weight is 379 g/mol. The van der Waals surface area contributed by atoms with E-state index in [-0.39, 0.29) is 35.9 Å². The van der Waals surface area contributed by atoms with E-state index in [4.69, 9.17) is 0 Å². The number of amides is 2. The van der Waals surface area contributed by atoms with Crippen molar-refractivity contribution >= 4 is 21.8 Å². The molecule has 2 heterocycles. The SMILES string of the molecule is CCCS(=O)(=O)N1CC(N2CC(C(=O)NCc3ccccc3)CC2=O)C1. The number of carbonyl (C=O) groups is 2. The van der Waals surface area contributed by atoms with Crippen LogP contribution in [-0.2, 0) is 26.2 Å². The minimum Gasteiger partial charge on any atom is -0.352 e. The number of rotatable bonds is 7. The maximum absolute atomic E-state index is 12.4. The highest BCUT2D eigenvalue weighted by molar-refractivity contribution is 7.89. The largest absolute Gasteiger partial charge is 0.352 e. The second kappa shape index (κ2) is 7.75. The van der Waals surface area contributed by atoms with Gasteiger partial charge in [-0.25, -0.2) is 8.42 Å². The first kappa shape index (κ1) is 18.8. The molecule has 1 aromatic carbocycles. The molecule has 1 N–H and O–H groups in total. The van der Waals surface area contributed by atoms with Crippen molar-refractivity contribution in [3.63, 3.8) is 0 Å². The highest BCUT2D eigenvalue weighted by Gasteiger charge is 2.44. The molecule has 2 fully saturated rings. The van der Waals surface area contributed by atoms with Crippen LogP contribution in [0.3, 0.4) is 0 Å². The second-order valence-corrected chi connectivity index (χ2v) is 9.03. The van der Waals surface area contributed by atoms with E-state index in [2.05, 4.69) is 5.32 Å². The smallest absolute Gasteiger partial charge is 0.225 e. The van der Waals surface area contributed by atoms with Crippen LogP contribution < -0.4 is 5.32 Å². The Kier molecular flexibility index (Phi) is 5.62. The van der Waals surface area contributed by atoms with Gasteiger partial charge in [0.15, 0.2) is 0 Å². The van der Waals surface area contributed by atoms with Gasteiger partial charge in [0, 0.05) is 32.6 Å². The van der Waals surface area contributed by atoms with Crippen molar-refractivity contribution < 1.29 is 18.0 Å². The Morgan fingerprint density at radius 1 is 1.19 bits per heavy atom. The summed E-state index contributed by atoms with van der Waals surface area (Å²) >= 11 is 0. The summed E-state index contributed by atoms with van der Waals surface area (Å²) in [5, 5.41) is 2.88. The molecule has 0 aromatic heterocycles. The van der Waals surface area contributed by atoms with E-state index in [1.54, 1.807) is 4.90 Å². The summed E-state index contributed by atoms with van der Waals surface area (Å²) in [7, 11) is -3.21. The van der Waals surface area contributed by atoms with E-state index in [9.17, 15) is 18.0 Å². The van der Waals surface area contributed by atoms with E-state index < -0.39 is 10.0 Å². The first-order valence-electron chi connectivity index (χ1n) is 8.99. The lowest BCUT2D eigenvalue weighted by Crippen LogP contribution is -2.61. The number of benzene rings is 1. The predicted octanol–water partition coefficient (Wildman–Crippen LogP) is 0.575. The predicted molar refractivity (Wildman–Crippen MR) is 97.5 cm³/mol. The summed E-state index contributed by atoms with van der Waals surface area (Å²) in [5.41, 5.74) is 1.01. The number of likely N-dealkylation sites (tertiary alicyclic amines) is 1. The molecule has 1 atom stereocenters. The van der Waals surface area contributed by atoms with Gasteiger partial charge in [-0.3, -0.25) is 9.59 Å². The van der Waals surface area contributed by atoms with E-state index in [1.165, 1.54) is 4.31 Å². The third-order valence-electron chi connectivity index (χ3n) is 4.96. The summed E-state index contributed by atoms with van der Waals surface area (Å²) in [4.78, 5) is 26.3. The summed E-state index contributed by atoms with van der Waals surface area (Å²) in [6, 6.07) is 9.51. The normalized spacial score (nSPS) is 21.7. The highest BCUT2D eigenvalue weighted by atomic mass is 32.2. The maximum Gasteiger partial charge on any atom is 0.225 e. The molecule has 26 heavy (non-hydrogen) atoms. The Bertz CT molecular complexity index is 760. The number of hydrogen-bond donors (Lipinski definition) is 1. The topological polar surface area (TPSA) is 86.8 Å². The van der Waals surface area contributed by atoms with Gasteiger partial charge in [-0.1, -0.05) is 37.3 Å². The van der Waals surface area contributed by atoms with Crippen LogP contribution in [0, 0.1) is 5.92 Å². The number of sulfonamides is 1. The Hall–Kier alpha value is -1.93. The zero-order chi connectivity index (χ0) is 18.7. The summed E-state index contributed by atoms with van der Waals surface area (Å²) in [5.74, 6) is -0.424. The molecule has 2 saturated heterocycles. The molecule has 0 bridgehead atoms. The molecule has 1 unspecified atom stereocenters. The van der Waals surface area contributed by atoms with Crippen molar-refractivity contribution in [1.82, 2.24) is 14.5 Å². The Morgan fingerprint density at radius 3 is 2.54 bits per heavy atom. The lowest BCUT2D eigenvalue weighted by atomic mass is 10.1. The average Bonchev–Trinajstić information content (AvgIpc) is 2.94. The lowest BCUT2D eigenvalue weighted by molar-refractivity contribution is -0.132. The molecule has 8 heteroatoms. The van der Waals surface area contributed by atoms with Crippen LogP contribution in [0.15, 0.2) is 30.3 Å². The Morgan fingerprint density at radius 2 is 1.88 bits per heavy atom. The fraction of sp³-hybridized carbons (Fsp3) is 0.556. The molecule has 2 amide bonds. The number of nitrogens with one attached hydrogen (secondary N) is 1. The zero-order valence-corrected chi connectivity index (χ0v) is 15.7. The first-order chi connectivity index (χ1) is 12.4. The van der Waals surface area contributed by atoms with Crippen LogP contribution in [0.25, 0.3) is 0 Å². The van der Waals surface area contributed by atoms with Gasteiger partial charge in [-0.15, -0.1) is 0 Å². The van der Waals surface area contributed by atoms with Gasteiger partial charge in [0.05, 0.1) is 17.7 Å². The molecular formula is C18H25N3O4S. The van der Waals surface area contributed by atoms with E-state index in [1.807, 2.05) is 37.3 Å². The van der Waals surface area contributed by atoms with Crippen molar-refractivity contribution in [1.29, 1.82) is 0 Å². The third-order valence-corrected chi connectivity index (χ3v) is 6.97. The second-order valence-electron chi connectivity index (χ2n) is 6.94. The quantitative estimate of drug-likeness (QED) is 0.751. The minimum absolute atomic E-state index is 0.0672. The van der Waals surface area contributed by atoms with E-state index in [0.717, 1.165) is 5.56 Å².